The SMILES string of the molecule is [2H]c1c([2H])c(-c2ccc3c(c2)C(c2ccccc2)(c2ccccc2)c2ccccc2-3)c([2H])c(-c2nc(-c3ccc([Si](C)(C)C)cc3)nc(-c3ccccc3-c3ccccc3)n2)c1[2H]. The average molecular weight is 778 g/mol. The lowest BCUT2D eigenvalue weighted by molar-refractivity contribution is 0.769. The van der Waals surface area contributed by atoms with Crippen molar-refractivity contribution in [2.45, 2.75) is 25.1 Å². The Hall–Kier alpha value is -7.01. The lowest BCUT2D eigenvalue weighted by Gasteiger charge is -2.34. The minimum Gasteiger partial charge on any atom is -0.208 e. The molecule has 0 aliphatic heterocycles. The Kier molecular flexibility index (Phi) is 7.99. The maximum atomic E-state index is 9.96. The molecule has 4 heteroatoms. The summed E-state index contributed by atoms with van der Waals surface area (Å²) in [5.74, 6) is 0.886. The topological polar surface area (TPSA) is 38.7 Å². The highest BCUT2D eigenvalue weighted by Gasteiger charge is 2.46. The van der Waals surface area contributed by atoms with Crippen LogP contribution >= 0.6 is 0 Å². The largest absolute Gasteiger partial charge is 0.208 e. The molecule has 0 spiro atoms. The highest BCUT2D eigenvalue weighted by molar-refractivity contribution is 6.88. The van der Waals surface area contributed by atoms with Crippen LogP contribution in [0, 0.1) is 0 Å². The fraction of sp³-hybridized carbons (Fsp3) is 0.0727. The van der Waals surface area contributed by atoms with Crippen molar-refractivity contribution in [3.63, 3.8) is 0 Å². The molecule has 0 saturated heterocycles. The minimum atomic E-state index is -1.61. The highest BCUT2D eigenvalue weighted by atomic mass is 28.3. The lowest BCUT2D eigenvalue weighted by atomic mass is 9.67. The summed E-state index contributed by atoms with van der Waals surface area (Å²) in [6.45, 7) is 6.92. The van der Waals surface area contributed by atoms with Gasteiger partial charge in [-0.2, -0.15) is 0 Å². The molecule has 1 aromatic heterocycles. The molecule has 0 saturated carbocycles. The molecule has 1 aliphatic carbocycles. The second kappa shape index (κ2) is 14.7. The van der Waals surface area contributed by atoms with E-state index in [4.69, 9.17) is 15.0 Å². The van der Waals surface area contributed by atoms with E-state index in [1.54, 1.807) is 0 Å². The van der Waals surface area contributed by atoms with E-state index in [2.05, 4.69) is 117 Å². The second-order valence-electron chi connectivity index (χ2n) is 16.1. The Morgan fingerprint density at radius 2 is 0.915 bits per heavy atom. The summed E-state index contributed by atoms with van der Waals surface area (Å²) in [6.07, 6.45) is 0. The zero-order valence-electron chi connectivity index (χ0n) is 37.2. The van der Waals surface area contributed by atoms with E-state index < -0.39 is 13.5 Å². The molecule has 0 atom stereocenters. The molecule has 9 aromatic rings. The second-order valence-corrected chi connectivity index (χ2v) is 21.2. The fourth-order valence-electron chi connectivity index (χ4n) is 8.60. The van der Waals surface area contributed by atoms with Crippen molar-refractivity contribution in [1.29, 1.82) is 0 Å². The van der Waals surface area contributed by atoms with Crippen LogP contribution in [0.3, 0.4) is 0 Å². The third-order valence-electron chi connectivity index (χ3n) is 11.5. The van der Waals surface area contributed by atoms with Crippen molar-refractivity contribution in [3.8, 4) is 67.5 Å². The highest BCUT2D eigenvalue weighted by Crippen LogP contribution is 2.56. The van der Waals surface area contributed by atoms with Crippen LogP contribution < -0.4 is 5.19 Å². The molecule has 1 heterocycles. The number of nitrogens with zero attached hydrogens (tertiary/aromatic N) is 3. The summed E-state index contributed by atoms with van der Waals surface area (Å²) in [7, 11) is -1.61. The maximum absolute atomic E-state index is 9.96. The molecule has 1 aliphatic rings. The molecule has 0 bridgehead atoms. The van der Waals surface area contributed by atoms with Gasteiger partial charge in [-0.3, -0.25) is 0 Å². The van der Waals surface area contributed by atoms with Crippen molar-refractivity contribution >= 4 is 13.3 Å². The van der Waals surface area contributed by atoms with Gasteiger partial charge in [0.2, 0.25) is 0 Å². The Balaban J connectivity index is 1.21. The van der Waals surface area contributed by atoms with E-state index in [1.165, 1.54) is 5.19 Å². The number of hydrogen-bond acceptors (Lipinski definition) is 3. The minimum absolute atomic E-state index is 0.0768. The summed E-state index contributed by atoms with van der Waals surface area (Å²) in [5.41, 5.74) is 10.2. The fourth-order valence-corrected chi connectivity index (χ4v) is 9.77. The molecule has 8 aromatic carbocycles. The zero-order valence-corrected chi connectivity index (χ0v) is 34.2. The van der Waals surface area contributed by atoms with Crippen molar-refractivity contribution in [2.75, 3.05) is 0 Å². The molecular formula is C55H43N3Si. The number of rotatable bonds is 8. The van der Waals surface area contributed by atoms with Crippen LogP contribution in [0.2, 0.25) is 19.6 Å². The molecule has 0 fully saturated rings. The Morgan fingerprint density at radius 3 is 1.58 bits per heavy atom. The third kappa shape index (κ3) is 6.43. The molecule has 3 nitrogen and oxygen atoms in total. The Morgan fingerprint density at radius 1 is 0.407 bits per heavy atom. The number of hydrogen-bond donors (Lipinski definition) is 0. The molecule has 10 rings (SSSR count). The molecule has 0 unspecified atom stereocenters. The first-order valence-corrected chi connectivity index (χ1v) is 23.5. The average Bonchev–Trinajstić information content (AvgIpc) is 3.62. The van der Waals surface area contributed by atoms with Crippen LogP contribution in [-0.4, -0.2) is 23.0 Å². The van der Waals surface area contributed by atoms with Gasteiger partial charge in [0.1, 0.15) is 0 Å². The van der Waals surface area contributed by atoms with Gasteiger partial charge in [-0.1, -0.05) is 219 Å². The molecule has 282 valence electrons. The summed E-state index contributed by atoms with van der Waals surface area (Å²) in [4.78, 5) is 15.1. The van der Waals surface area contributed by atoms with Gasteiger partial charge in [0.25, 0.3) is 0 Å². The van der Waals surface area contributed by atoms with Crippen LogP contribution in [0.5, 0.6) is 0 Å². The van der Waals surface area contributed by atoms with E-state index in [9.17, 15) is 5.48 Å². The summed E-state index contributed by atoms with van der Waals surface area (Å²) in [5, 5.41) is 1.30. The van der Waals surface area contributed by atoms with Crippen molar-refractivity contribution in [1.82, 2.24) is 15.0 Å². The summed E-state index contributed by atoms with van der Waals surface area (Å²) < 4.78 is 38.0. The van der Waals surface area contributed by atoms with Crippen LogP contribution in [0.25, 0.3) is 67.5 Å². The Bertz CT molecular complexity index is 3150. The van der Waals surface area contributed by atoms with Gasteiger partial charge in [-0.05, 0) is 67.7 Å². The van der Waals surface area contributed by atoms with Gasteiger partial charge in [0.15, 0.2) is 17.5 Å². The number of benzene rings is 8. The predicted octanol–water partition coefficient (Wildman–Crippen LogP) is 13.1. The summed E-state index contributed by atoms with van der Waals surface area (Å²) >= 11 is 0. The van der Waals surface area contributed by atoms with Crippen LogP contribution in [0.1, 0.15) is 27.7 Å². The van der Waals surface area contributed by atoms with Gasteiger partial charge in [-0.25, -0.2) is 15.0 Å². The van der Waals surface area contributed by atoms with Crippen LogP contribution in [-0.2, 0) is 5.41 Å². The van der Waals surface area contributed by atoms with Gasteiger partial charge in [-0.15, -0.1) is 0 Å². The predicted molar refractivity (Wildman–Crippen MR) is 247 cm³/mol. The van der Waals surface area contributed by atoms with Gasteiger partial charge in [0.05, 0.1) is 19.0 Å². The van der Waals surface area contributed by atoms with E-state index in [1.807, 2.05) is 84.9 Å². The van der Waals surface area contributed by atoms with E-state index in [-0.39, 0.29) is 41.1 Å². The maximum Gasteiger partial charge on any atom is 0.164 e. The first-order valence-electron chi connectivity index (χ1n) is 22.0. The van der Waals surface area contributed by atoms with Crippen molar-refractivity contribution in [2.24, 2.45) is 0 Å². The Labute approximate surface area is 353 Å². The van der Waals surface area contributed by atoms with E-state index >= 15 is 0 Å². The molecule has 59 heavy (non-hydrogen) atoms. The van der Waals surface area contributed by atoms with E-state index in [0.29, 0.717) is 17.2 Å². The van der Waals surface area contributed by atoms with Crippen LogP contribution in [0.4, 0.5) is 0 Å². The van der Waals surface area contributed by atoms with Crippen molar-refractivity contribution in [3.05, 3.63) is 228 Å². The molecule has 0 N–H and O–H groups in total. The van der Waals surface area contributed by atoms with Gasteiger partial charge >= 0.3 is 0 Å². The number of fused-ring (bicyclic) bond motifs is 3. The van der Waals surface area contributed by atoms with Gasteiger partial charge < -0.3 is 0 Å². The number of aromatic nitrogens is 3. The normalized spacial score (nSPS) is 13.7. The van der Waals surface area contributed by atoms with Gasteiger partial charge in [0, 0.05) is 16.7 Å². The van der Waals surface area contributed by atoms with Crippen LogP contribution in [0.15, 0.2) is 206 Å². The monoisotopic (exact) mass is 777 g/mol. The zero-order chi connectivity index (χ0) is 43.5. The smallest absolute Gasteiger partial charge is 0.164 e. The molecule has 0 radical (unpaired) electrons. The molecular weight excluding hydrogens is 731 g/mol. The molecule has 0 amide bonds. The first-order chi connectivity index (χ1) is 30.6. The quantitative estimate of drug-likeness (QED) is 0.144. The lowest BCUT2D eigenvalue weighted by Crippen LogP contribution is -2.37. The standard InChI is InChI=1S/C55H43N3Si/c1-59(2,3)45-33-30-39(31-34-45)52-56-53(58-54(57-52)49-28-14-13-26-46(49)38-18-7-4-8-19-38)42-21-17-20-40(36-42)41-32-35-48-47-27-15-16-29-50(47)55(51(48)37-41,43-22-9-5-10-23-43)44-24-11-6-12-25-44/h4-37H,1-3H3/i17D,20D,21D,36D. The van der Waals surface area contributed by atoms with Crippen molar-refractivity contribution < 1.29 is 5.48 Å². The first kappa shape index (κ1) is 32.0. The third-order valence-corrected chi connectivity index (χ3v) is 13.6. The van der Waals surface area contributed by atoms with E-state index in [0.717, 1.165) is 55.6 Å². The summed E-state index contributed by atoms with van der Waals surface area (Å²) in [6, 6.07) is 61.1.